The molecule has 3 heterocycles. The van der Waals surface area contributed by atoms with Crippen molar-refractivity contribution in [1.82, 2.24) is 14.6 Å². The third-order valence-corrected chi connectivity index (χ3v) is 2.55. The zero-order chi connectivity index (χ0) is 11.1. The monoisotopic (exact) mass is 215 g/mol. The maximum atomic E-state index is 11.2. The Bertz CT molecular complexity index is 600. The fourth-order valence-corrected chi connectivity index (χ4v) is 1.82. The highest BCUT2D eigenvalue weighted by Crippen LogP contribution is 2.24. The molecule has 0 unspecified atom stereocenters. The minimum atomic E-state index is -0.487. The minimum absolute atomic E-state index is 0.469. The molecule has 1 aliphatic rings. The Labute approximate surface area is 91.0 Å². The molecule has 1 aliphatic heterocycles. The van der Waals surface area contributed by atoms with Crippen LogP contribution in [0, 0.1) is 0 Å². The van der Waals surface area contributed by atoms with Gasteiger partial charge >= 0.3 is 6.03 Å². The van der Waals surface area contributed by atoms with Gasteiger partial charge in [0.1, 0.15) is 0 Å². The Morgan fingerprint density at radius 2 is 2.38 bits per heavy atom. The molecule has 3 rings (SSSR count). The van der Waals surface area contributed by atoms with E-state index < -0.39 is 6.03 Å². The van der Waals surface area contributed by atoms with Crippen LogP contribution >= 0.6 is 0 Å². The number of nitrogens with zero attached hydrogens (tertiary/aromatic N) is 4. The van der Waals surface area contributed by atoms with Crippen LogP contribution in [0.1, 0.15) is 5.69 Å². The van der Waals surface area contributed by atoms with Gasteiger partial charge in [0.2, 0.25) is 0 Å². The van der Waals surface area contributed by atoms with Crippen LogP contribution in [0.5, 0.6) is 0 Å². The number of carbonyl (C=O) groups excluding carboxylic acids is 1. The van der Waals surface area contributed by atoms with Crippen molar-refractivity contribution in [2.45, 2.75) is 0 Å². The second-order valence-electron chi connectivity index (χ2n) is 3.48. The summed E-state index contributed by atoms with van der Waals surface area (Å²) < 4.78 is 1.68. The van der Waals surface area contributed by atoms with Crippen molar-refractivity contribution in [3.8, 4) is 0 Å². The Morgan fingerprint density at radius 1 is 1.50 bits per heavy atom. The van der Waals surface area contributed by atoms with E-state index in [0.29, 0.717) is 12.2 Å². The molecule has 0 aliphatic carbocycles. The molecular formula is C10H9N5O. The average molecular weight is 215 g/mol. The van der Waals surface area contributed by atoms with Gasteiger partial charge < -0.3 is 5.73 Å². The highest BCUT2D eigenvalue weighted by atomic mass is 16.2. The lowest BCUT2D eigenvalue weighted by molar-refractivity contribution is 0.254. The van der Waals surface area contributed by atoms with Crippen LogP contribution in [0.2, 0.25) is 0 Å². The topological polar surface area (TPSA) is 76.5 Å². The summed E-state index contributed by atoms with van der Waals surface area (Å²) in [4.78, 5) is 16.9. The molecule has 0 saturated carbocycles. The van der Waals surface area contributed by atoms with Crippen molar-refractivity contribution < 1.29 is 4.79 Å². The van der Waals surface area contributed by atoms with E-state index in [1.807, 2.05) is 12.2 Å². The Kier molecular flexibility index (Phi) is 1.70. The van der Waals surface area contributed by atoms with Crippen LogP contribution in [0.3, 0.4) is 0 Å². The number of nitrogens with two attached hydrogens (primary N) is 1. The first-order valence-electron chi connectivity index (χ1n) is 4.83. The molecule has 2 aromatic rings. The van der Waals surface area contributed by atoms with Crippen molar-refractivity contribution >= 4 is 23.4 Å². The van der Waals surface area contributed by atoms with Crippen molar-refractivity contribution in [3.05, 3.63) is 30.2 Å². The molecular weight excluding hydrogens is 206 g/mol. The molecule has 0 radical (unpaired) electrons. The molecule has 2 aromatic heterocycles. The summed E-state index contributed by atoms with van der Waals surface area (Å²) in [5.74, 6) is 0. The van der Waals surface area contributed by atoms with Gasteiger partial charge in [-0.25, -0.2) is 14.3 Å². The maximum absolute atomic E-state index is 11.2. The van der Waals surface area contributed by atoms with Crippen LogP contribution in [0.4, 0.5) is 10.5 Å². The molecule has 0 saturated heterocycles. The number of primary amides is 1. The lowest BCUT2D eigenvalue weighted by Gasteiger charge is -2.23. The number of anilines is 1. The van der Waals surface area contributed by atoms with Crippen molar-refractivity contribution in [2.24, 2.45) is 5.73 Å². The SMILES string of the molecule is NC(=O)N1CC=Cc2c1cnc1ccnn21. The van der Waals surface area contributed by atoms with Crippen LogP contribution < -0.4 is 10.6 Å². The number of aromatic nitrogens is 3. The van der Waals surface area contributed by atoms with E-state index in [9.17, 15) is 4.79 Å². The molecule has 6 heteroatoms. The maximum Gasteiger partial charge on any atom is 0.319 e. The van der Waals surface area contributed by atoms with E-state index >= 15 is 0 Å². The number of hydrogen-bond acceptors (Lipinski definition) is 3. The summed E-state index contributed by atoms with van der Waals surface area (Å²) in [6.07, 6.45) is 7.09. The van der Waals surface area contributed by atoms with E-state index in [0.717, 1.165) is 11.3 Å². The number of rotatable bonds is 0. The molecule has 0 aromatic carbocycles. The molecule has 80 valence electrons. The third kappa shape index (κ3) is 1.10. The molecule has 0 atom stereocenters. The smallest absolute Gasteiger partial charge is 0.319 e. The van der Waals surface area contributed by atoms with Gasteiger partial charge in [-0.05, 0) is 6.08 Å². The third-order valence-electron chi connectivity index (χ3n) is 2.55. The Morgan fingerprint density at radius 3 is 3.19 bits per heavy atom. The predicted octanol–water partition coefficient (Wildman–Crippen LogP) is 0.641. The lowest BCUT2D eigenvalue weighted by atomic mass is 10.2. The summed E-state index contributed by atoms with van der Waals surface area (Å²) in [5.41, 5.74) is 7.55. The number of amides is 2. The largest absolute Gasteiger partial charge is 0.351 e. The quantitative estimate of drug-likeness (QED) is 0.700. The van der Waals surface area contributed by atoms with Crippen molar-refractivity contribution in [3.63, 3.8) is 0 Å². The van der Waals surface area contributed by atoms with Gasteiger partial charge in [-0.1, -0.05) is 6.08 Å². The molecule has 2 amide bonds. The predicted molar refractivity (Wildman–Crippen MR) is 59.0 cm³/mol. The summed E-state index contributed by atoms with van der Waals surface area (Å²) in [6.45, 7) is 0.469. The second kappa shape index (κ2) is 3.06. The lowest BCUT2D eigenvalue weighted by Crippen LogP contribution is -2.38. The second-order valence-corrected chi connectivity index (χ2v) is 3.48. The zero-order valence-electron chi connectivity index (χ0n) is 8.37. The van der Waals surface area contributed by atoms with E-state index in [1.165, 1.54) is 4.90 Å². The number of urea groups is 1. The normalized spacial score (nSPS) is 14.1. The average Bonchev–Trinajstić information content (AvgIpc) is 2.76. The standard InChI is InChI=1S/C10H9N5O/c11-10(16)14-5-1-2-7-8(14)6-12-9-3-4-13-15(7)9/h1-4,6H,5H2,(H2,11,16). The van der Waals surface area contributed by atoms with E-state index in [2.05, 4.69) is 10.1 Å². The van der Waals surface area contributed by atoms with Gasteiger partial charge in [-0.3, -0.25) is 4.90 Å². The van der Waals surface area contributed by atoms with Gasteiger partial charge in [0.05, 0.1) is 23.8 Å². The van der Waals surface area contributed by atoms with Crippen LogP contribution in [0.15, 0.2) is 24.5 Å². The molecule has 0 bridgehead atoms. The summed E-state index contributed by atoms with van der Waals surface area (Å²) in [7, 11) is 0. The summed E-state index contributed by atoms with van der Waals surface area (Å²) in [6, 6.07) is 1.32. The van der Waals surface area contributed by atoms with E-state index in [1.54, 1.807) is 23.0 Å². The van der Waals surface area contributed by atoms with Gasteiger partial charge in [0.15, 0.2) is 5.65 Å². The number of hydrogen-bond donors (Lipinski definition) is 1. The molecule has 2 N–H and O–H groups in total. The van der Waals surface area contributed by atoms with Crippen LogP contribution in [-0.4, -0.2) is 27.2 Å². The van der Waals surface area contributed by atoms with E-state index in [-0.39, 0.29) is 0 Å². The van der Waals surface area contributed by atoms with Gasteiger partial charge in [0, 0.05) is 12.6 Å². The first kappa shape index (κ1) is 8.90. The Balaban J connectivity index is 2.30. The summed E-state index contributed by atoms with van der Waals surface area (Å²) in [5, 5.41) is 4.15. The molecule has 6 nitrogen and oxygen atoms in total. The van der Waals surface area contributed by atoms with Gasteiger partial charge in [0.25, 0.3) is 0 Å². The fourth-order valence-electron chi connectivity index (χ4n) is 1.82. The highest BCUT2D eigenvalue weighted by molar-refractivity contribution is 5.94. The highest BCUT2D eigenvalue weighted by Gasteiger charge is 2.20. The van der Waals surface area contributed by atoms with Crippen molar-refractivity contribution in [2.75, 3.05) is 11.4 Å². The first-order chi connectivity index (χ1) is 7.77. The van der Waals surface area contributed by atoms with Gasteiger partial charge in [-0.2, -0.15) is 5.10 Å². The summed E-state index contributed by atoms with van der Waals surface area (Å²) >= 11 is 0. The first-order valence-corrected chi connectivity index (χ1v) is 4.83. The molecule has 16 heavy (non-hydrogen) atoms. The number of carbonyl (C=O) groups is 1. The Hall–Kier alpha value is -2.37. The molecule has 0 fully saturated rings. The van der Waals surface area contributed by atoms with Gasteiger partial charge in [-0.15, -0.1) is 0 Å². The zero-order valence-corrected chi connectivity index (χ0v) is 8.37. The minimum Gasteiger partial charge on any atom is -0.351 e. The van der Waals surface area contributed by atoms with Crippen molar-refractivity contribution in [1.29, 1.82) is 0 Å². The number of fused-ring (bicyclic) bond motifs is 3. The molecule has 0 spiro atoms. The fraction of sp³-hybridized carbons (Fsp3) is 0.100. The van der Waals surface area contributed by atoms with Crippen LogP contribution in [-0.2, 0) is 0 Å². The van der Waals surface area contributed by atoms with E-state index in [4.69, 9.17) is 5.73 Å². The van der Waals surface area contributed by atoms with Crippen LogP contribution in [0.25, 0.3) is 11.7 Å².